The van der Waals surface area contributed by atoms with E-state index in [1.54, 1.807) is 4.68 Å². The number of rotatable bonds is 3. The maximum atomic E-state index is 12.4. The number of carbonyl (C=O) groups excluding carboxylic acids is 1. The first-order chi connectivity index (χ1) is 8.97. The number of aryl methyl sites for hydroxylation is 2. The molecule has 0 unspecified atom stereocenters. The molecule has 1 aromatic rings. The Bertz CT molecular complexity index is 475. The third-order valence-corrected chi connectivity index (χ3v) is 3.70. The summed E-state index contributed by atoms with van der Waals surface area (Å²) in [6, 6.07) is 0. The van der Waals surface area contributed by atoms with Crippen LogP contribution < -0.4 is 11.1 Å². The van der Waals surface area contributed by atoms with Gasteiger partial charge in [-0.15, -0.1) is 0 Å². The molecule has 0 bridgehead atoms. The molecule has 0 saturated carbocycles. The molecule has 0 aliphatic carbocycles. The molecule has 2 rings (SSSR count). The first kappa shape index (κ1) is 13.9. The quantitative estimate of drug-likeness (QED) is 0.858. The van der Waals surface area contributed by atoms with E-state index in [4.69, 9.17) is 10.5 Å². The summed E-state index contributed by atoms with van der Waals surface area (Å²) in [5.41, 5.74) is 7.37. The highest BCUT2D eigenvalue weighted by atomic mass is 16.5. The number of carbonyl (C=O) groups is 1. The van der Waals surface area contributed by atoms with Gasteiger partial charge < -0.3 is 15.8 Å². The number of nitrogens with zero attached hydrogens (tertiary/aromatic N) is 2. The van der Waals surface area contributed by atoms with Gasteiger partial charge >= 0.3 is 0 Å². The van der Waals surface area contributed by atoms with E-state index >= 15 is 0 Å². The van der Waals surface area contributed by atoms with E-state index in [0.29, 0.717) is 36.8 Å². The van der Waals surface area contributed by atoms with Gasteiger partial charge in [-0.05, 0) is 33.6 Å². The molecule has 1 aromatic heterocycles. The fourth-order valence-electron chi connectivity index (χ4n) is 2.34. The summed E-state index contributed by atoms with van der Waals surface area (Å²) < 4.78 is 6.99. The van der Waals surface area contributed by atoms with E-state index < -0.39 is 0 Å². The van der Waals surface area contributed by atoms with Crippen molar-refractivity contribution in [3.8, 4) is 0 Å². The number of nitrogens with one attached hydrogen (secondary N) is 1. The SMILES string of the molecule is CCn1nc(C)c(N)c1C(=O)NC1(C)CCOCC1. The van der Waals surface area contributed by atoms with Crippen molar-refractivity contribution in [1.29, 1.82) is 0 Å². The maximum absolute atomic E-state index is 12.4. The Morgan fingerprint density at radius 3 is 2.74 bits per heavy atom. The Hall–Kier alpha value is -1.56. The lowest BCUT2D eigenvalue weighted by molar-refractivity contribution is 0.0420. The fraction of sp³-hybridized carbons (Fsp3) is 0.692. The largest absolute Gasteiger partial charge is 0.395 e. The molecule has 6 nitrogen and oxygen atoms in total. The van der Waals surface area contributed by atoms with E-state index in [0.717, 1.165) is 12.8 Å². The summed E-state index contributed by atoms with van der Waals surface area (Å²) in [5.74, 6) is -0.149. The third-order valence-electron chi connectivity index (χ3n) is 3.70. The summed E-state index contributed by atoms with van der Waals surface area (Å²) in [5, 5.41) is 7.35. The van der Waals surface area contributed by atoms with Crippen LogP contribution in [0.3, 0.4) is 0 Å². The zero-order valence-electron chi connectivity index (χ0n) is 11.8. The summed E-state index contributed by atoms with van der Waals surface area (Å²) in [6.45, 7) is 7.79. The number of amides is 1. The van der Waals surface area contributed by atoms with Gasteiger partial charge in [0.15, 0.2) is 0 Å². The van der Waals surface area contributed by atoms with Gasteiger partial charge in [0.1, 0.15) is 5.69 Å². The second-order valence-electron chi connectivity index (χ2n) is 5.29. The average molecular weight is 266 g/mol. The van der Waals surface area contributed by atoms with Crippen molar-refractivity contribution in [3.63, 3.8) is 0 Å². The van der Waals surface area contributed by atoms with Crippen LogP contribution >= 0.6 is 0 Å². The number of hydrogen-bond acceptors (Lipinski definition) is 4. The molecule has 6 heteroatoms. The molecule has 0 radical (unpaired) electrons. The standard InChI is InChI=1S/C13H22N4O2/c1-4-17-11(10(14)9(2)16-17)12(18)15-13(3)5-7-19-8-6-13/h4-8,14H2,1-3H3,(H,15,18). The smallest absolute Gasteiger partial charge is 0.272 e. The number of hydrogen-bond donors (Lipinski definition) is 2. The van der Waals surface area contributed by atoms with E-state index in [1.807, 2.05) is 20.8 Å². The highest BCUT2D eigenvalue weighted by molar-refractivity contribution is 5.98. The van der Waals surface area contributed by atoms with Crippen molar-refractivity contribution in [2.24, 2.45) is 0 Å². The molecule has 3 N–H and O–H groups in total. The summed E-state index contributed by atoms with van der Waals surface area (Å²) in [4.78, 5) is 12.4. The second kappa shape index (κ2) is 5.21. The van der Waals surface area contributed by atoms with Crippen LogP contribution in [-0.4, -0.2) is 34.4 Å². The van der Waals surface area contributed by atoms with E-state index in [2.05, 4.69) is 10.4 Å². The molecule has 0 atom stereocenters. The van der Waals surface area contributed by atoms with Crippen LogP contribution in [0.2, 0.25) is 0 Å². The summed E-state index contributed by atoms with van der Waals surface area (Å²) in [7, 11) is 0. The van der Waals surface area contributed by atoms with Gasteiger partial charge in [-0.25, -0.2) is 0 Å². The topological polar surface area (TPSA) is 82.2 Å². The van der Waals surface area contributed by atoms with Crippen molar-refractivity contribution in [2.75, 3.05) is 18.9 Å². The number of ether oxygens (including phenoxy) is 1. The molecule has 1 aliphatic rings. The predicted octanol–water partition coefficient (Wildman–Crippen LogP) is 1.09. The summed E-state index contributed by atoms with van der Waals surface area (Å²) >= 11 is 0. The van der Waals surface area contributed by atoms with Gasteiger partial charge in [-0.1, -0.05) is 0 Å². The van der Waals surface area contributed by atoms with Crippen molar-refractivity contribution in [2.45, 2.75) is 45.7 Å². The maximum Gasteiger partial charge on any atom is 0.272 e. The Morgan fingerprint density at radius 2 is 2.16 bits per heavy atom. The van der Waals surface area contributed by atoms with Gasteiger partial charge in [0.05, 0.1) is 11.4 Å². The van der Waals surface area contributed by atoms with Gasteiger partial charge in [0, 0.05) is 25.3 Å². The van der Waals surface area contributed by atoms with Gasteiger partial charge in [0.2, 0.25) is 0 Å². The van der Waals surface area contributed by atoms with Gasteiger partial charge in [0.25, 0.3) is 5.91 Å². The fourth-order valence-corrected chi connectivity index (χ4v) is 2.34. The first-order valence-corrected chi connectivity index (χ1v) is 6.70. The number of aromatic nitrogens is 2. The molecule has 0 aromatic carbocycles. The number of nitrogen functional groups attached to an aromatic ring is 1. The molecular weight excluding hydrogens is 244 g/mol. The number of anilines is 1. The monoisotopic (exact) mass is 266 g/mol. The number of nitrogens with two attached hydrogens (primary N) is 1. The molecule has 1 fully saturated rings. The van der Waals surface area contributed by atoms with Crippen LogP contribution in [-0.2, 0) is 11.3 Å². The van der Waals surface area contributed by atoms with Crippen molar-refractivity contribution in [3.05, 3.63) is 11.4 Å². The van der Waals surface area contributed by atoms with E-state index in [1.165, 1.54) is 0 Å². The zero-order valence-corrected chi connectivity index (χ0v) is 11.8. The van der Waals surface area contributed by atoms with Crippen LogP contribution in [0, 0.1) is 6.92 Å². The Balaban J connectivity index is 2.20. The van der Waals surface area contributed by atoms with Crippen molar-refractivity contribution < 1.29 is 9.53 Å². The Morgan fingerprint density at radius 1 is 1.53 bits per heavy atom. The van der Waals surface area contributed by atoms with Crippen LogP contribution in [0.15, 0.2) is 0 Å². The van der Waals surface area contributed by atoms with Crippen LogP contribution in [0.1, 0.15) is 42.9 Å². The van der Waals surface area contributed by atoms with Crippen LogP contribution in [0.4, 0.5) is 5.69 Å². The average Bonchev–Trinajstić information content (AvgIpc) is 2.65. The minimum absolute atomic E-state index is 0.149. The molecule has 0 spiro atoms. The molecule has 1 amide bonds. The van der Waals surface area contributed by atoms with E-state index in [-0.39, 0.29) is 11.4 Å². The Labute approximate surface area is 113 Å². The molecular formula is C13H22N4O2. The lowest BCUT2D eigenvalue weighted by Gasteiger charge is -2.34. The van der Waals surface area contributed by atoms with Crippen LogP contribution in [0.5, 0.6) is 0 Å². The van der Waals surface area contributed by atoms with Crippen molar-refractivity contribution in [1.82, 2.24) is 15.1 Å². The first-order valence-electron chi connectivity index (χ1n) is 6.70. The molecule has 19 heavy (non-hydrogen) atoms. The highest BCUT2D eigenvalue weighted by Gasteiger charge is 2.31. The van der Waals surface area contributed by atoms with Gasteiger partial charge in [-0.3, -0.25) is 9.48 Å². The lowest BCUT2D eigenvalue weighted by Crippen LogP contribution is -2.50. The molecule has 2 heterocycles. The van der Waals surface area contributed by atoms with E-state index in [9.17, 15) is 4.79 Å². The minimum Gasteiger partial charge on any atom is -0.395 e. The predicted molar refractivity (Wildman–Crippen MR) is 73.0 cm³/mol. The lowest BCUT2D eigenvalue weighted by atomic mass is 9.92. The van der Waals surface area contributed by atoms with Crippen LogP contribution in [0.25, 0.3) is 0 Å². The Kier molecular flexibility index (Phi) is 3.80. The van der Waals surface area contributed by atoms with Crippen molar-refractivity contribution >= 4 is 11.6 Å². The summed E-state index contributed by atoms with van der Waals surface area (Å²) in [6.07, 6.45) is 1.63. The third kappa shape index (κ3) is 2.73. The highest BCUT2D eigenvalue weighted by Crippen LogP contribution is 2.22. The normalized spacial score (nSPS) is 18.3. The van der Waals surface area contributed by atoms with Gasteiger partial charge in [-0.2, -0.15) is 5.10 Å². The zero-order chi connectivity index (χ0) is 14.0. The molecule has 106 valence electrons. The molecule has 1 aliphatic heterocycles. The molecule has 1 saturated heterocycles. The minimum atomic E-state index is -0.224. The second-order valence-corrected chi connectivity index (χ2v) is 5.29.